The van der Waals surface area contributed by atoms with Crippen molar-refractivity contribution in [2.24, 2.45) is 0 Å². The summed E-state index contributed by atoms with van der Waals surface area (Å²) in [5.74, 6) is 0.560. The molecule has 0 fully saturated rings. The standard InChI is InChI=1S/C13H16N4O2/c1-3-11-15-12(4-2)17(16-11)8-5-6-9(13(18)19)10(14)7-8/h5-7H,3-4,14H2,1-2H3,(H,18,19). The Morgan fingerprint density at radius 1 is 1.37 bits per heavy atom. The summed E-state index contributed by atoms with van der Waals surface area (Å²) in [6, 6.07) is 4.78. The molecule has 0 saturated carbocycles. The summed E-state index contributed by atoms with van der Waals surface area (Å²) in [7, 11) is 0. The molecule has 1 aromatic carbocycles. The molecule has 100 valence electrons. The average Bonchev–Trinajstić information content (AvgIpc) is 2.81. The van der Waals surface area contributed by atoms with Gasteiger partial charge in [-0.15, -0.1) is 0 Å². The van der Waals surface area contributed by atoms with Crippen LogP contribution in [0.25, 0.3) is 5.69 Å². The minimum atomic E-state index is -1.03. The van der Waals surface area contributed by atoms with E-state index in [1.54, 1.807) is 16.8 Å². The zero-order chi connectivity index (χ0) is 14.0. The molecule has 2 aromatic rings. The van der Waals surface area contributed by atoms with Crippen molar-refractivity contribution >= 4 is 11.7 Å². The molecule has 0 radical (unpaired) electrons. The molecule has 0 amide bonds. The predicted molar refractivity (Wildman–Crippen MR) is 71.5 cm³/mol. The van der Waals surface area contributed by atoms with Gasteiger partial charge in [0.2, 0.25) is 0 Å². The quantitative estimate of drug-likeness (QED) is 0.815. The van der Waals surface area contributed by atoms with Crippen molar-refractivity contribution in [3.63, 3.8) is 0 Å². The van der Waals surface area contributed by atoms with Gasteiger partial charge in [0.1, 0.15) is 5.82 Å². The number of carbonyl (C=O) groups is 1. The maximum absolute atomic E-state index is 10.9. The highest BCUT2D eigenvalue weighted by atomic mass is 16.4. The van der Waals surface area contributed by atoms with Gasteiger partial charge in [-0.3, -0.25) is 0 Å². The van der Waals surface area contributed by atoms with Crippen LogP contribution in [0.1, 0.15) is 35.9 Å². The van der Waals surface area contributed by atoms with Crippen LogP contribution in [0.5, 0.6) is 0 Å². The highest BCUT2D eigenvalue weighted by Gasteiger charge is 2.12. The highest BCUT2D eigenvalue weighted by molar-refractivity contribution is 5.94. The number of aromatic nitrogens is 3. The van der Waals surface area contributed by atoms with Gasteiger partial charge in [0.25, 0.3) is 0 Å². The Labute approximate surface area is 110 Å². The molecular weight excluding hydrogens is 244 g/mol. The molecule has 0 aliphatic carbocycles. The summed E-state index contributed by atoms with van der Waals surface area (Å²) in [6.07, 6.45) is 1.50. The Bertz CT molecular complexity index is 619. The smallest absolute Gasteiger partial charge is 0.337 e. The average molecular weight is 260 g/mol. The molecule has 6 heteroatoms. The number of aryl methyl sites for hydroxylation is 2. The fourth-order valence-electron chi connectivity index (χ4n) is 1.85. The van der Waals surface area contributed by atoms with Gasteiger partial charge in [-0.25, -0.2) is 14.5 Å². The van der Waals surface area contributed by atoms with Crippen LogP contribution >= 0.6 is 0 Å². The number of benzene rings is 1. The van der Waals surface area contributed by atoms with Crippen molar-refractivity contribution in [3.8, 4) is 5.69 Å². The largest absolute Gasteiger partial charge is 0.478 e. The third-order valence-electron chi connectivity index (χ3n) is 2.86. The van der Waals surface area contributed by atoms with Crippen LogP contribution in [-0.2, 0) is 12.8 Å². The van der Waals surface area contributed by atoms with Crippen molar-refractivity contribution in [3.05, 3.63) is 35.4 Å². The molecule has 1 heterocycles. The van der Waals surface area contributed by atoms with Gasteiger partial charge < -0.3 is 10.8 Å². The lowest BCUT2D eigenvalue weighted by atomic mass is 10.1. The van der Waals surface area contributed by atoms with Crippen molar-refractivity contribution < 1.29 is 9.90 Å². The normalized spacial score (nSPS) is 10.6. The second kappa shape index (κ2) is 5.09. The van der Waals surface area contributed by atoms with Crippen molar-refractivity contribution in [2.45, 2.75) is 26.7 Å². The number of carboxylic acids is 1. The fourth-order valence-corrected chi connectivity index (χ4v) is 1.85. The van der Waals surface area contributed by atoms with Crippen molar-refractivity contribution in [1.82, 2.24) is 14.8 Å². The Morgan fingerprint density at radius 3 is 2.63 bits per heavy atom. The first-order chi connectivity index (χ1) is 9.06. The van der Waals surface area contributed by atoms with Crippen molar-refractivity contribution in [1.29, 1.82) is 0 Å². The van der Waals surface area contributed by atoms with Gasteiger partial charge in [-0.05, 0) is 18.2 Å². The molecule has 6 nitrogen and oxygen atoms in total. The minimum absolute atomic E-state index is 0.0950. The van der Waals surface area contributed by atoms with E-state index in [0.717, 1.165) is 30.2 Å². The first-order valence-electron chi connectivity index (χ1n) is 6.14. The molecule has 2 rings (SSSR count). The van der Waals surface area contributed by atoms with Crippen LogP contribution in [-0.4, -0.2) is 25.8 Å². The maximum Gasteiger partial charge on any atom is 0.337 e. The number of anilines is 1. The van der Waals surface area contributed by atoms with E-state index in [1.165, 1.54) is 6.07 Å². The molecule has 0 spiro atoms. The SMILES string of the molecule is CCc1nc(CC)n(-c2ccc(C(=O)O)c(N)c2)n1. The zero-order valence-corrected chi connectivity index (χ0v) is 10.9. The number of hydrogen-bond acceptors (Lipinski definition) is 4. The van der Waals surface area contributed by atoms with E-state index in [4.69, 9.17) is 10.8 Å². The lowest BCUT2D eigenvalue weighted by molar-refractivity contribution is 0.0698. The Hall–Kier alpha value is -2.37. The molecule has 0 bridgehead atoms. The Kier molecular flexibility index (Phi) is 3.50. The van der Waals surface area contributed by atoms with Gasteiger partial charge in [-0.2, -0.15) is 5.10 Å². The maximum atomic E-state index is 10.9. The van der Waals surface area contributed by atoms with E-state index in [9.17, 15) is 4.79 Å². The Balaban J connectivity index is 2.50. The second-order valence-corrected chi connectivity index (χ2v) is 4.14. The van der Waals surface area contributed by atoms with Crippen LogP contribution in [0.15, 0.2) is 18.2 Å². The van der Waals surface area contributed by atoms with Crippen LogP contribution in [0.3, 0.4) is 0 Å². The number of rotatable bonds is 4. The molecule has 0 unspecified atom stereocenters. The topological polar surface area (TPSA) is 94.0 Å². The van der Waals surface area contributed by atoms with E-state index in [-0.39, 0.29) is 11.3 Å². The summed E-state index contributed by atoms with van der Waals surface area (Å²) in [6.45, 7) is 3.98. The summed E-state index contributed by atoms with van der Waals surface area (Å²) in [4.78, 5) is 15.3. The summed E-state index contributed by atoms with van der Waals surface area (Å²) in [5.41, 5.74) is 6.79. The monoisotopic (exact) mass is 260 g/mol. The number of nitrogens with zero attached hydrogens (tertiary/aromatic N) is 3. The van der Waals surface area contributed by atoms with Gasteiger partial charge in [-0.1, -0.05) is 13.8 Å². The van der Waals surface area contributed by atoms with E-state index < -0.39 is 5.97 Å². The molecule has 0 saturated heterocycles. The summed E-state index contributed by atoms with van der Waals surface area (Å²) >= 11 is 0. The molecule has 19 heavy (non-hydrogen) atoms. The molecule has 0 atom stereocenters. The van der Waals surface area contributed by atoms with Gasteiger partial charge in [0, 0.05) is 18.5 Å². The third-order valence-corrected chi connectivity index (χ3v) is 2.86. The predicted octanol–water partition coefficient (Wildman–Crippen LogP) is 1.67. The van der Waals surface area contributed by atoms with Crippen LogP contribution < -0.4 is 5.73 Å². The lowest BCUT2D eigenvalue weighted by Gasteiger charge is -2.07. The van der Waals surface area contributed by atoms with Gasteiger partial charge in [0.15, 0.2) is 5.82 Å². The first kappa shape index (κ1) is 13.1. The summed E-state index contributed by atoms with van der Waals surface area (Å²) < 4.78 is 1.71. The fraction of sp³-hybridized carbons (Fsp3) is 0.308. The van der Waals surface area contributed by atoms with E-state index >= 15 is 0 Å². The summed E-state index contributed by atoms with van der Waals surface area (Å²) in [5, 5.41) is 13.3. The zero-order valence-electron chi connectivity index (χ0n) is 10.9. The van der Waals surface area contributed by atoms with E-state index in [1.807, 2.05) is 13.8 Å². The molecular formula is C13H16N4O2. The van der Waals surface area contributed by atoms with Crippen LogP contribution in [0.4, 0.5) is 5.69 Å². The molecule has 3 N–H and O–H groups in total. The minimum Gasteiger partial charge on any atom is -0.478 e. The molecule has 0 aliphatic heterocycles. The lowest BCUT2D eigenvalue weighted by Crippen LogP contribution is -2.06. The number of aromatic carboxylic acids is 1. The van der Waals surface area contributed by atoms with Crippen LogP contribution in [0, 0.1) is 0 Å². The number of carboxylic acid groups (broad SMARTS) is 1. The van der Waals surface area contributed by atoms with Crippen LogP contribution in [0.2, 0.25) is 0 Å². The number of nitrogens with two attached hydrogens (primary N) is 1. The van der Waals surface area contributed by atoms with Gasteiger partial charge in [0.05, 0.1) is 11.3 Å². The molecule has 0 aliphatic rings. The number of nitrogen functional groups attached to an aromatic ring is 1. The molecule has 1 aromatic heterocycles. The second-order valence-electron chi connectivity index (χ2n) is 4.14. The first-order valence-corrected chi connectivity index (χ1v) is 6.14. The highest BCUT2D eigenvalue weighted by Crippen LogP contribution is 2.18. The van der Waals surface area contributed by atoms with E-state index in [0.29, 0.717) is 0 Å². The van der Waals surface area contributed by atoms with E-state index in [2.05, 4.69) is 10.1 Å². The van der Waals surface area contributed by atoms with Gasteiger partial charge >= 0.3 is 5.97 Å². The number of hydrogen-bond donors (Lipinski definition) is 2. The third kappa shape index (κ3) is 2.42. The Morgan fingerprint density at radius 2 is 2.11 bits per heavy atom. The van der Waals surface area contributed by atoms with Crippen molar-refractivity contribution in [2.75, 3.05) is 5.73 Å².